The smallest absolute Gasteiger partial charge is 0.269 e. The molecule has 0 unspecified atom stereocenters. The lowest BCUT2D eigenvalue weighted by atomic mass is 10.2. The molecule has 13 heavy (non-hydrogen) atoms. The standard InChI is InChI=1S/C8H8O4S/c9-5-7-2-1-3-8(4-7)6-13(10,11)12/h1-5H,6H2,(H,10,11,12). The third kappa shape index (κ3) is 3.35. The first-order valence-electron chi connectivity index (χ1n) is 3.50. The van der Waals surface area contributed by atoms with Crippen LogP contribution in [0.1, 0.15) is 15.9 Å². The van der Waals surface area contributed by atoms with E-state index in [4.69, 9.17) is 4.55 Å². The Labute approximate surface area is 76.0 Å². The van der Waals surface area contributed by atoms with E-state index in [-0.39, 0.29) is 0 Å². The molecular weight excluding hydrogens is 192 g/mol. The van der Waals surface area contributed by atoms with Gasteiger partial charge in [0.25, 0.3) is 10.1 Å². The largest absolute Gasteiger partial charge is 0.298 e. The maximum atomic E-state index is 10.5. The molecule has 0 amide bonds. The highest BCUT2D eigenvalue weighted by atomic mass is 32.2. The molecule has 0 fully saturated rings. The number of carbonyl (C=O) groups is 1. The Morgan fingerprint density at radius 3 is 2.62 bits per heavy atom. The van der Waals surface area contributed by atoms with E-state index >= 15 is 0 Å². The highest BCUT2D eigenvalue weighted by Gasteiger charge is 2.06. The van der Waals surface area contributed by atoms with Gasteiger partial charge in [-0.1, -0.05) is 18.2 Å². The number of hydrogen-bond donors (Lipinski definition) is 1. The van der Waals surface area contributed by atoms with E-state index in [0.717, 1.165) is 0 Å². The summed E-state index contributed by atoms with van der Waals surface area (Å²) in [7, 11) is -4.02. The molecule has 0 atom stereocenters. The van der Waals surface area contributed by atoms with Gasteiger partial charge in [-0.2, -0.15) is 8.42 Å². The van der Waals surface area contributed by atoms with Crippen molar-refractivity contribution in [1.29, 1.82) is 0 Å². The first-order chi connectivity index (χ1) is 6.01. The predicted molar refractivity (Wildman–Crippen MR) is 47.1 cm³/mol. The molecule has 4 nitrogen and oxygen atoms in total. The molecule has 0 heterocycles. The number of rotatable bonds is 3. The Kier molecular flexibility index (Phi) is 2.79. The van der Waals surface area contributed by atoms with Crippen LogP contribution in [0.5, 0.6) is 0 Å². The normalized spacial score (nSPS) is 11.2. The second-order valence-electron chi connectivity index (χ2n) is 2.59. The average molecular weight is 200 g/mol. The molecule has 0 saturated heterocycles. The van der Waals surface area contributed by atoms with Crippen molar-refractivity contribution in [1.82, 2.24) is 0 Å². The Bertz CT molecular complexity index is 408. The fourth-order valence-electron chi connectivity index (χ4n) is 0.967. The molecule has 0 radical (unpaired) electrons. The van der Waals surface area contributed by atoms with E-state index in [2.05, 4.69) is 0 Å². The highest BCUT2D eigenvalue weighted by Crippen LogP contribution is 2.06. The molecule has 0 bridgehead atoms. The monoisotopic (exact) mass is 200 g/mol. The van der Waals surface area contributed by atoms with Crippen LogP contribution in [0, 0.1) is 0 Å². The van der Waals surface area contributed by atoms with E-state index < -0.39 is 15.9 Å². The van der Waals surface area contributed by atoms with Crippen molar-refractivity contribution in [2.24, 2.45) is 0 Å². The lowest BCUT2D eigenvalue weighted by Crippen LogP contribution is -2.01. The van der Waals surface area contributed by atoms with Crippen molar-refractivity contribution < 1.29 is 17.8 Å². The molecule has 0 saturated carbocycles. The zero-order valence-corrected chi connectivity index (χ0v) is 7.49. The lowest BCUT2D eigenvalue weighted by Gasteiger charge is -1.98. The minimum absolute atomic E-state index is 0.390. The van der Waals surface area contributed by atoms with Gasteiger partial charge >= 0.3 is 0 Å². The molecule has 5 heteroatoms. The van der Waals surface area contributed by atoms with Crippen molar-refractivity contribution >= 4 is 16.4 Å². The van der Waals surface area contributed by atoms with Crippen LogP contribution in [-0.2, 0) is 15.9 Å². The number of carbonyl (C=O) groups excluding carboxylic acids is 1. The Morgan fingerprint density at radius 1 is 1.38 bits per heavy atom. The SMILES string of the molecule is O=Cc1cccc(CS(=O)(=O)O)c1. The molecule has 70 valence electrons. The fourth-order valence-corrected chi connectivity index (χ4v) is 1.57. The van der Waals surface area contributed by atoms with Crippen molar-refractivity contribution in [3.8, 4) is 0 Å². The van der Waals surface area contributed by atoms with Crippen LogP contribution in [0.15, 0.2) is 24.3 Å². The predicted octanol–water partition coefficient (Wildman–Crippen LogP) is 0.887. The van der Waals surface area contributed by atoms with Gasteiger partial charge in [0.15, 0.2) is 0 Å². The summed E-state index contributed by atoms with van der Waals surface area (Å²) in [6, 6.07) is 6.06. The van der Waals surface area contributed by atoms with Gasteiger partial charge in [0.1, 0.15) is 12.0 Å². The summed E-state index contributed by atoms with van der Waals surface area (Å²) in [4.78, 5) is 10.3. The van der Waals surface area contributed by atoms with Gasteiger partial charge in [0.05, 0.1) is 0 Å². The van der Waals surface area contributed by atoms with Crippen LogP contribution in [0.4, 0.5) is 0 Å². The molecule has 1 aromatic carbocycles. The van der Waals surface area contributed by atoms with Crippen LogP contribution < -0.4 is 0 Å². The summed E-state index contributed by atoms with van der Waals surface area (Å²) in [6.07, 6.45) is 0.619. The summed E-state index contributed by atoms with van der Waals surface area (Å²) in [5.41, 5.74) is 0.785. The molecule has 0 spiro atoms. The second-order valence-corrected chi connectivity index (χ2v) is 4.04. The number of aldehydes is 1. The fraction of sp³-hybridized carbons (Fsp3) is 0.125. The average Bonchev–Trinajstić information content (AvgIpc) is 2.01. The molecule has 0 aliphatic carbocycles. The second kappa shape index (κ2) is 3.68. The van der Waals surface area contributed by atoms with Crippen LogP contribution in [0.3, 0.4) is 0 Å². The third-order valence-corrected chi connectivity index (χ3v) is 2.13. The van der Waals surface area contributed by atoms with Gasteiger partial charge in [0.2, 0.25) is 0 Å². The van der Waals surface area contributed by atoms with Crippen LogP contribution in [-0.4, -0.2) is 19.3 Å². The molecule has 1 rings (SSSR count). The van der Waals surface area contributed by atoms with Gasteiger partial charge in [-0.05, 0) is 11.6 Å². The summed E-state index contributed by atoms with van der Waals surface area (Å²) >= 11 is 0. The molecule has 0 aliphatic rings. The van der Waals surface area contributed by atoms with Crippen molar-refractivity contribution in [2.75, 3.05) is 0 Å². The van der Waals surface area contributed by atoms with Gasteiger partial charge in [-0.25, -0.2) is 0 Å². The zero-order valence-electron chi connectivity index (χ0n) is 6.67. The zero-order chi connectivity index (χ0) is 9.90. The van der Waals surface area contributed by atoms with Gasteiger partial charge < -0.3 is 0 Å². The quantitative estimate of drug-likeness (QED) is 0.581. The maximum Gasteiger partial charge on any atom is 0.269 e. The first-order valence-corrected chi connectivity index (χ1v) is 5.11. The summed E-state index contributed by atoms with van der Waals surface area (Å²) in [5, 5.41) is 0. The van der Waals surface area contributed by atoms with Crippen LogP contribution in [0.2, 0.25) is 0 Å². The number of benzene rings is 1. The van der Waals surface area contributed by atoms with Crippen molar-refractivity contribution in [2.45, 2.75) is 5.75 Å². The molecular formula is C8H8O4S. The van der Waals surface area contributed by atoms with E-state index in [9.17, 15) is 13.2 Å². The van der Waals surface area contributed by atoms with Crippen molar-refractivity contribution in [3.05, 3.63) is 35.4 Å². The third-order valence-electron chi connectivity index (χ3n) is 1.44. The molecule has 0 aromatic heterocycles. The van der Waals surface area contributed by atoms with Crippen LogP contribution in [0.25, 0.3) is 0 Å². The Hall–Kier alpha value is -1.20. The lowest BCUT2D eigenvalue weighted by molar-refractivity contribution is 0.112. The van der Waals surface area contributed by atoms with Gasteiger partial charge in [-0.15, -0.1) is 0 Å². The van der Waals surface area contributed by atoms with E-state index in [1.165, 1.54) is 12.1 Å². The maximum absolute atomic E-state index is 10.5. The van der Waals surface area contributed by atoms with E-state index in [0.29, 0.717) is 17.4 Å². The molecule has 0 aliphatic heterocycles. The first kappa shape index (κ1) is 9.88. The molecule has 1 N–H and O–H groups in total. The van der Waals surface area contributed by atoms with Crippen molar-refractivity contribution in [3.63, 3.8) is 0 Å². The van der Waals surface area contributed by atoms with Gasteiger partial charge in [0, 0.05) is 5.56 Å². The summed E-state index contributed by atoms with van der Waals surface area (Å²) in [6.45, 7) is 0. The van der Waals surface area contributed by atoms with E-state index in [1.54, 1.807) is 12.1 Å². The molecule has 1 aromatic rings. The summed E-state index contributed by atoms with van der Waals surface area (Å²) < 4.78 is 29.5. The van der Waals surface area contributed by atoms with Gasteiger partial charge in [-0.3, -0.25) is 9.35 Å². The van der Waals surface area contributed by atoms with E-state index in [1.807, 2.05) is 0 Å². The van der Waals surface area contributed by atoms with Crippen LogP contribution >= 0.6 is 0 Å². The highest BCUT2D eigenvalue weighted by molar-refractivity contribution is 7.85. The Balaban J connectivity index is 2.96. The minimum atomic E-state index is -4.02. The Morgan fingerprint density at radius 2 is 2.08 bits per heavy atom. The summed E-state index contributed by atoms with van der Waals surface area (Å²) in [5.74, 6) is -0.464. The topological polar surface area (TPSA) is 71.4 Å². The number of hydrogen-bond acceptors (Lipinski definition) is 3. The minimum Gasteiger partial charge on any atom is -0.298 e.